The minimum atomic E-state index is -0.212. The highest BCUT2D eigenvalue weighted by Crippen LogP contribution is 2.19. The standard InChI is InChI=1S/C19H24FN5S/c1-3-15-11-24-18(26-15)12-25-19(21-4-2)22-8-7-13-10-23-17-6-5-14(20)9-16(13)17/h5-6,9-11,23H,3-4,7-8,12H2,1-2H3,(H2,21,22,25). The fraction of sp³-hybridized carbons (Fsp3) is 0.368. The maximum atomic E-state index is 13.5. The zero-order valence-corrected chi connectivity index (χ0v) is 15.9. The van der Waals surface area contributed by atoms with Crippen LogP contribution in [-0.2, 0) is 19.4 Å². The second kappa shape index (κ2) is 8.80. The van der Waals surface area contributed by atoms with E-state index in [2.05, 4.69) is 32.5 Å². The largest absolute Gasteiger partial charge is 0.361 e. The fourth-order valence-electron chi connectivity index (χ4n) is 2.75. The average molecular weight is 374 g/mol. The normalized spacial score (nSPS) is 11.9. The minimum Gasteiger partial charge on any atom is -0.361 e. The van der Waals surface area contributed by atoms with Crippen molar-refractivity contribution in [2.45, 2.75) is 33.2 Å². The Kier molecular flexibility index (Phi) is 6.22. The molecule has 0 aliphatic heterocycles. The van der Waals surface area contributed by atoms with E-state index in [4.69, 9.17) is 0 Å². The van der Waals surface area contributed by atoms with Crippen LogP contribution < -0.4 is 10.6 Å². The first-order chi connectivity index (χ1) is 12.7. The Balaban J connectivity index is 1.59. The fourth-order valence-corrected chi connectivity index (χ4v) is 3.53. The highest BCUT2D eigenvalue weighted by atomic mass is 32.1. The first-order valence-electron chi connectivity index (χ1n) is 8.90. The lowest BCUT2D eigenvalue weighted by atomic mass is 10.1. The van der Waals surface area contributed by atoms with E-state index < -0.39 is 0 Å². The highest BCUT2D eigenvalue weighted by Gasteiger charge is 2.06. The number of aryl methyl sites for hydroxylation is 1. The van der Waals surface area contributed by atoms with Crippen LogP contribution in [0.15, 0.2) is 35.6 Å². The van der Waals surface area contributed by atoms with Crippen molar-refractivity contribution in [2.24, 2.45) is 4.99 Å². The number of hydrogen-bond acceptors (Lipinski definition) is 3. The molecular formula is C19H24FN5S. The lowest BCUT2D eigenvalue weighted by Gasteiger charge is -2.10. The van der Waals surface area contributed by atoms with E-state index in [0.29, 0.717) is 13.1 Å². The molecule has 0 unspecified atom stereocenters. The first-order valence-corrected chi connectivity index (χ1v) is 9.72. The van der Waals surface area contributed by atoms with Crippen molar-refractivity contribution >= 4 is 28.2 Å². The summed E-state index contributed by atoms with van der Waals surface area (Å²) in [6.45, 7) is 6.24. The predicted octanol–water partition coefficient (Wildman–Crippen LogP) is 3.62. The molecule has 0 aliphatic carbocycles. The lowest BCUT2D eigenvalue weighted by molar-refractivity contribution is 0.629. The Bertz CT molecular complexity index is 883. The van der Waals surface area contributed by atoms with Gasteiger partial charge in [0.2, 0.25) is 0 Å². The van der Waals surface area contributed by atoms with E-state index in [1.807, 2.05) is 19.3 Å². The molecule has 0 saturated heterocycles. The number of H-pyrrole nitrogens is 1. The molecular weight excluding hydrogens is 349 g/mol. The van der Waals surface area contributed by atoms with Gasteiger partial charge in [-0.15, -0.1) is 11.3 Å². The van der Waals surface area contributed by atoms with Gasteiger partial charge in [0.25, 0.3) is 0 Å². The zero-order valence-electron chi connectivity index (χ0n) is 15.1. The lowest BCUT2D eigenvalue weighted by Crippen LogP contribution is -2.38. The van der Waals surface area contributed by atoms with Crippen LogP contribution in [0.4, 0.5) is 4.39 Å². The molecule has 3 rings (SSSR count). The van der Waals surface area contributed by atoms with E-state index >= 15 is 0 Å². The van der Waals surface area contributed by atoms with Gasteiger partial charge < -0.3 is 15.6 Å². The Morgan fingerprint density at radius 2 is 2.19 bits per heavy atom. The number of halogens is 1. The van der Waals surface area contributed by atoms with Crippen LogP contribution in [0.2, 0.25) is 0 Å². The molecule has 1 aromatic carbocycles. The summed E-state index contributed by atoms with van der Waals surface area (Å²) in [6.07, 6.45) is 5.65. The molecule has 5 nitrogen and oxygen atoms in total. The summed E-state index contributed by atoms with van der Waals surface area (Å²) in [5, 5.41) is 8.54. The van der Waals surface area contributed by atoms with E-state index in [0.717, 1.165) is 46.8 Å². The smallest absolute Gasteiger partial charge is 0.191 e. The monoisotopic (exact) mass is 373 g/mol. The molecule has 0 amide bonds. The Hall–Kier alpha value is -2.41. The molecule has 2 aromatic heterocycles. The van der Waals surface area contributed by atoms with Crippen LogP contribution in [-0.4, -0.2) is 29.0 Å². The van der Waals surface area contributed by atoms with Crippen molar-refractivity contribution in [3.63, 3.8) is 0 Å². The van der Waals surface area contributed by atoms with Crippen LogP contribution in [0.25, 0.3) is 10.9 Å². The summed E-state index contributed by atoms with van der Waals surface area (Å²) in [4.78, 5) is 13.5. The molecule has 138 valence electrons. The van der Waals surface area contributed by atoms with Gasteiger partial charge in [-0.05, 0) is 43.5 Å². The number of nitrogens with zero attached hydrogens (tertiary/aromatic N) is 2. The number of guanidine groups is 1. The quantitative estimate of drug-likeness (QED) is 0.438. The summed E-state index contributed by atoms with van der Waals surface area (Å²) >= 11 is 1.70. The summed E-state index contributed by atoms with van der Waals surface area (Å²) < 4.78 is 13.5. The van der Waals surface area contributed by atoms with Gasteiger partial charge in [-0.2, -0.15) is 0 Å². The second-order valence-corrected chi connectivity index (χ2v) is 7.15. The maximum Gasteiger partial charge on any atom is 0.191 e. The van der Waals surface area contributed by atoms with Crippen molar-refractivity contribution in [3.05, 3.63) is 51.9 Å². The SMILES string of the molecule is CCNC(=NCc1ncc(CC)s1)NCCc1c[nH]c2ccc(F)cc12. The van der Waals surface area contributed by atoms with E-state index in [1.165, 1.54) is 10.9 Å². The van der Waals surface area contributed by atoms with E-state index in [9.17, 15) is 4.39 Å². The minimum absolute atomic E-state index is 0.212. The Morgan fingerprint density at radius 1 is 1.31 bits per heavy atom. The summed E-state index contributed by atoms with van der Waals surface area (Å²) in [7, 11) is 0. The van der Waals surface area contributed by atoms with Crippen LogP contribution in [0.1, 0.15) is 29.3 Å². The van der Waals surface area contributed by atoms with Gasteiger partial charge in [0, 0.05) is 41.3 Å². The van der Waals surface area contributed by atoms with Crippen LogP contribution in [0.3, 0.4) is 0 Å². The Labute approximate surface area is 156 Å². The first kappa shape index (κ1) is 18.4. The number of aromatic nitrogens is 2. The molecule has 7 heteroatoms. The van der Waals surface area contributed by atoms with Crippen molar-refractivity contribution in [2.75, 3.05) is 13.1 Å². The van der Waals surface area contributed by atoms with Gasteiger partial charge in [0.1, 0.15) is 10.8 Å². The van der Waals surface area contributed by atoms with Gasteiger partial charge >= 0.3 is 0 Å². The van der Waals surface area contributed by atoms with Gasteiger partial charge in [-0.3, -0.25) is 0 Å². The molecule has 0 radical (unpaired) electrons. The van der Waals surface area contributed by atoms with Gasteiger partial charge in [-0.1, -0.05) is 6.92 Å². The van der Waals surface area contributed by atoms with Crippen LogP contribution in [0, 0.1) is 5.82 Å². The number of aromatic amines is 1. The number of rotatable bonds is 7. The molecule has 0 spiro atoms. The molecule has 0 fully saturated rings. The third-order valence-corrected chi connectivity index (χ3v) is 5.21. The molecule has 0 aliphatic rings. The molecule has 3 N–H and O–H groups in total. The van der Waals surface area contributed by atoms with Crippen molar-refractivity contribution < 1.29 is 4.39 Å². The van der Waals surface area contributed by atoms with Crippen molar-refractivity contribution in [3.8, 4) is 0 Å². The average Bonchev–Trinajstić information content (AvgIpc) is 3.26. The summed E-state index contributed by atoms with van der Waals surface area (Å²) in [6, 6.07) is 4.82. The molecule has 26 heavy (non-hydrogen) atoms. The maximum absolute atomic E-state index is 13.5. The molecule has 0 atom stereocenters. The predicted molar refractivity (Wildman–Crippen MR) is 106 cm³/mol. The number of thiazole rings is 1. The summed E-state index contributed by atoms with van der Waals surface area (Å²) in [5.41, 5.74) is 2.05. The number of benzene rings is 1. The number of aliphatic imine (C=N–C) groups is 1. The molecule has 2 heterocycles. The third kappa shape index (κ3) is 4.60. The van der Waals surface area contributed by atoms with Gasteiger partial charge in [-0.25, -0.2) is 14.4 Å². The summed E-state index contributed by atoms with van der Waals surface area (Å²) in [5.74, 6) is 0.558. The van der Waals surface area contributed by atoms with Crippen molar-refractivity contribution in [1.29, 1.82) is 0 Å². The second-order valence-electron chi connectivity index (χ2n) is 5.95. The zero-order chi connectivity index (χ0) is 18.4. The third-order valence-electron chi connectivity index (χ3n) is 4.08. The Morgan fingerprint density at radius 3 is 2.96 bits per heavy atom. The molecule has 0 saturated carbocycles. The number of hydrogen-bond donors (Lipinski definition) is 3. The van der Waals surface area contributed by atoms with Gasteiger partial charge in [0.15, 0.2) is 5.96 Å². The van der Waals surface area contributed by atoms with Gasteiger partial charge in [0.05, 0.1) is 6.54 Å². The van der Waals surface area contributed by atoms with Crippen LogP contribution in [0.5, 0.6) is 0 Å². The topological polar surface area (TPSA) is 65.1 Å². The van der Waals surface area contributed by atoms with Crippen molar-refractivity contribution in [1.82, 2.24) is 20.6 Å². The number of nitrogens with one attached hydrogen (secondary N) is 3. The highest BCUT2D eigenvalue weighted by molar-refractivity contribution is 7.11. The van der Waals surface area contributed by atoms with E-state index in [1.54, 1.807) is 23.5 Å². The number of fused-ring (bicyclic) bond motifs is 1. The molecule has 3 aromatic rings. The van der Waals surface area contributed by atoms with E-state index in [-0.39, 0.29) is 5.82 Å². The van der Waals surface area contributed by atoms with Crippen LogP contribution >= 0.6 is 11.3 Å². The molecule has 0 bridgehead atoms.